The first-order chi connectivity index (χ1) is 13.2. The largest absolute Gasteiger partial charge is 0.370 e. The molecule has 5 nitrogen and oxygen atoms in total. The number of aliphatic imine (C=N–C) groups is 1. The van der Waals surface area contributed by atoms with Gasteiger partial charge in [-0.3, -0.25) is 9.89 Å². The molecule has 0 saturated carbocycles. The fourth-order valence-corrected chi connectivity index (χ4v) is 4.22. The summed E-state index contributed by atoms with van der Waals surface area (Å²) in [5, 5.41) is 5.32. The van der Waals surface area contributed by atoms with Crippen LogP contribution >= 0.6 is 11.3 Å². The number of guanidine groups is 1. The lowest BCUT2D eigenvalue weighted by atomic mass is 10.0. The minimum Gasteiger partial charge on any atom is -0.370 e. The number of nitrogens with zero attached hydrogens (tertiary/aromatic N) is 3. The van der Waals surface area contributed by atoms with Crippen LogP contribution in [0.15, 0.2) is 52.8 Å². The lowest BCUT2D eigenvalue weighted by Gasteiger charge is -2.40. The Balaban J connectivity index is 1.41. The van der Waals surface area contributed by atoms with Gasteiger partial charge in [-0.2, -0.15) is 0 Å². The van der Waals surface area contributed by atoms with Gasteiger partial charge in [0.1, 0.15) is 0 Å². The number of nitrogens with one attached hydrogen (secondary N) is 1. The Morgan fingerprint density at radius 2 is 2.07 bits per heavy atom. The normalized spacial score (nSPS) is 19.3. The van der Waals surface area contributed by atoms with E-state index in [1.54, 1.807) is 11.3 Å². The first-order valence-corrected chi connectivity index (χ1v) is 10.6. The van der Waals surface area contributed by atoms with Crippen molar-refractivity contribution in [3.8, 4) is 0 Å². The van der Waals surface area contributed by atoms with Gasteiger partial charge in [-0.15, -0.1) is 11.3 Å². The molecule has 2 aromatic rings. The second-order valence-corrected chi connectivity index (χ2v) is 8.13. The van der Waals surface area contributed by atoms with Crippen LogP contribution in [0.5, 0.6) is 0 Å². The van der Waals surface area contributed by atoms with E-state index in [-0.39, 0.29) is 0 Å². The lowest BCUT2D eigenvalue weighted by molar-refractivity contribution is 0.0894. The van der Waals surface area contributed by atoms with Gasteiger partial charge in [-0.1, -0.05) is 36.4 Å². The monoisotopic (exact) mass is 385 g/mol. The summed E-state index contributed by atoms with van der Waals surface area (Å²) in [4.78, 5) is 10.9. The average Bonchev–Trinajstić information content (AvgIpc) is 3.20. The van der Waals surface area contributed by atoms with Gasteiger partial charge in [0, 0.05) is 50.2 Å². The number of hydrogen-bond donors (Lipinski definition) is 2. The van der Waals surface area contributed by atoms with Crippen LogP contribution in [-0.4, -0.2) is 62.1 Å². The molecular weight excluding hydrogens is 354 g/mol. The number of nitrogens with two attached hydrogens (primary N) is 1. The summed E-state index contributed by atoms with van der Waals surface area (Å²) in [7, 11) is 2.21. The highest BCUT2D eigenvalue weighted by atomic mass is 32.1. The molecule has 1 aromatic heterocycles. The molecule has 1 atom stereocenters. The van der Waals surface area contributed by atoms with Crippen molar-refractivity contribution in [1.82, 2.24) is 15.1 Å². The average molecular weight is 386 g/mol. The zero-order valence-electron chi connectivity index (χ0n) is 16.2. The van der Waals surface area contributed by atoms with Crippen molar-refractivity contribution < 1.29 is 0 Å². The lowest BCUT2D eigenvalue weighted by Crippen LogP contribution is -2.47. The molecule has 3 N–H and O–H groups in total. The fraction of sp³-hybridized carbons (Fsp3) is 0.476. The second kappa shape index (κ2) is 10.4. The van der Waals surface area contributed by atoms with Crippen LogP contribution in [0, 0.1) is 0 Å². The summed E-state index contributed by atoms with van der Waals surface area (Å²) < 4.78 is 0. The molecule has 0 spiro atoms. The van der Waals surface area contributed by atoms with Gasteiger partial charge in [0.05, 0.1) is 0 Å². The van der Waals surface area contributed by atoms with E-state index in [0.717, 1.165) is 52.1 Å². The predicted octanol–water partition coefficient (Wildman–Crippen LogP) is 2.57. The Morgan fingerprint density at radius 3 is 2.85 bits per heavy atom. The summed E-state index contributed by atoms with van der Waals surface area (Å²) in [5.74, 6) is 0.560. The van der Waals surface area contributed by atoms with Crippen molar-refractivity contribution in [2.24, 2.45) is 10.7 Å². The molecule has 1 aliphatic rings. The zero-order valence-corrected chi connectivity index (χ0v) is 17.0. The third kappa shape index (κ3) is 6.34. The van der Waals surface area contributed by atoms with Crippen LogP contribution in [0.25, 0.3) is 0 Å². The van der Waals surface area contributed by atoms with Crippen LogP contribution < -0.4 is 11.1 Å². The smallest absolute Gasteiger partial charge is 0.188 e. The van der Waals surface area contributed by atoms with Crippen LogP contribution in [0.3, 0.4) is 0 Å². The zero-order chi connectivity index (χ0) is 18.9. The van der Waals surface area contributed by atoms with Crippen molar-refractivity contribution in [2.75, 3.05) is 46.3 Å². The molecule has 0 bridgehead atoms. The summed E-state index contributed by atoms with van der Waals surface area (Å²) in [6.07, 6.45) is 2.02. The molecule has 3 rings (SSSR count). The van der Waals surface area contributed by atoms with E-state index >= 15 is 0 Å². The Morgan fingerprint density at radius 1 is 1.22 bits per heavy atom. The highest BCUT2D eigenvalue weighted by Gasteiger charge is 2.25. The number of thiophene rings is 1. The van der Waals surface area contributed by atoms with Gasteiger partial charge < -0.3 is 16.0 Å². The van der Waals surface area contributed by atoms with Crippen LogP contribution in [-0.2, 0) is 6.42 Å². The van der Waals surface area contributed by atoms with Crippen molar-refractivity contribution in [3.63, 3.8) is 0 Å². The van der Waals surface area contributed by atoms with Gasteiger partial charge in [0.2, 0.25) is 0 Å². The first-order valence-electron chi connectivity index (χ1n) is 9.76. The maximum absolute atomic E-state index is 5.99. The molecule has 27 heavy (non-hydrogen) atoms. The van der Waals surface area contributed by atoms with Gasteiger partial charge in [-0.05, 0) is 36.9 Å². The van der Waals surface area contributed by atoms with Crippen molar-refractivity contribution in [1.29, 1.82) is 0 Å². The van der Waals surface area contributed by atoms with Crippen LogP contribution in [0.4, 0.5) is 0 Å². The fourth-order valence-electron chi connectivity index (χ4n) is 3.51. The maximum atomic E-state index is 5.99. The van der Waals surface area contributed by atoms with Crippen molar-refractivity contribution in [3.05, 3.63) is 58.3 Å². The third-order valence-electron chi connectivity index (χ3n) is 5.02. The molecule has 1 aromatic carbocycles. The minimum absolute atomic E-state index is 0.468. The van der Waals surface area contributed by atoms with E-state index < -0.39 is 0 Å². The second-order valence-electron chi connectivity index (χ2n) is 7.10. The number of likely N-dealkylation sites (N-methyl/N-ethyl adjacent to an activating group) is 1. The molecule has 1 fully saturated rings. The Kier molecular flexibility index (Phi) is 7.68. The van der Waals surface area contributed by atoms with Gasteiger partial charge in [0.25, 0.3) is 0 Å². The summed E-state index contributed by atoms with van der Waals surface area (Å²) in [6.45, 7) is 5.97. The molecule has 1 aliphatic heterocycles. The van der Waals surface area contributed by atoms with E-state index in [0.29, 0.717) is 12.0 Å². The third-order valence-corrected chi connectivity index (χ3v) is 5.96. The quantitative estimate of drug-likeness (QED) is 0.417. The van der Waals surface area contributed by atoms with E-state index in [9.17, 15) is 0 Å². The van der Waals surface area contributed by atoms with E-state index in [1.807, 2.05) is 0 Å². The molecular formula is C21H31N5S. The van der Waals surface area contributed by atoms with Crippen LogP contribution in [0.2, 0.25) is 0 Å². The molecule has 0 aliphatic carbocycles. The van der Waals surface area contributed by atoms with E-state index in [1.165, 1.54) is 10.4 Å². The standard InChI is InChI=1S/C21H31N5S/c1-25-14-15-26(20(17-25)18-7-3-2-4-8-18)13-6-11-23-21(22)24-12-10-19-9-5-16-27-19/h2-5,7-9,16,20H,6,10-15,17H2,1H3,(H3,22,23,24). The molecule has 6 heteroatoms. The van der Waals surface area contributed by atoms with Gasteiger partial charge >= 0.3 is 0 Å². The van der Waals surface area contributed by atoms with Gasteiger partial charge in [-0.25, -0.2) is 0 Å². The van der Waals surface area contributed by atoms with E-state index in [4.69, 9.17) is 5.73 Å². The topological polar surface area (TPSA) is 56.9 Å². The highest BCUT2D eigenvalue weighted by molar-refractivity contribution is 7.09. The minimum atomic E-state index is 0.468. The van der Waals surface area contributed by atoms with E-state index in [2.05, 4.69) is 75.0 Å². The van der Waals surface area contributed by atoms with Crippen molar-refractivity contribution in [2.45, 2.75) is 18.9 Å². The summed E-state index contributed by atoms with van der Waals surface area (Å²) >= 11 is 1.78. The first kappa shape index (κ1) is 19.9. The number of rotatable bonds is 8. The molecule has 0 amide bonds. The molecule has 2 heterocycles. The Bertz CT molecular complexity index is 686. The summed E-state index contributed by atoms with van der Waals surface area (Å²) in [6, 6.07) is 15.5. The van der Waals surface area contributed by atoms with Gasteiger partial charge in [0.15, 0.2) is 5.96 Å². The maximum Gasteiger partial charge on any atom is 0.188 e. The van der Waals surface area contributed by atoms with Crippen LogP contribution in [0.1, 0.15) is 22.9 Å². The number of piperazine rings is 1. The molecule has 1 unspecified atom stereocenters. The molecule has 146 valence electrons. The number of benzene rings is 1. The Labute approximate surface area is 166 Å². The Hall–Kier alpha value is -1.89. The molecule has 1 saturated heterocycles. The summed E-state index contributed by atoms with van der Waals surface area (Å²) in [5.41, 5.74) is 7.40. The number of hydrogen-bond acceptors (Lipinski definition) is 4. The predicted molar refractivity (Wildman–Crippen MR) is 115 cm³/mol. The van der Waals surface area contributed by atoms with Crippen molar-refractivity contribution >= 4 is 17.3 Å². The molecule has 0 radical (unpaired) electrons. The highest BCUT2D eigenvalue weighted by Crippen LogP contribution is 2.24. The SMILES string of the molecule is CN1CCN(CCCN=C(N)NCCc2cccs2)C(c2ccccc2)C1.